The Balaban J connectivity index is 2.00. The quantitative estimate of drug-likeness (QED) is 0.898. The van der Waals surface area contributed by atoms with Crippen LogP contribution >= 0.6 is 0 Å². The first-order chi connectivity index (χ1) is 12.5. The Hall–Kier alpha value is -2.60. The molecule has 3 unspecified atom stereocenters. The van der Waals surface area contributed by atoms with Crippen LogP contribution in [0.4, 0.5) is 0 Å². The fraction of sp³-hybridized carbons (Fsp3) is 0.400. The summed E-state index contributed by atoms with van der Waals surface area (Å²) < 4.78 is 7.88. The van der Waals surface area contributed by atoms with Crippen molar-refractivity contribution in [2.45, 2.75) is 36.9 Å². The smallest absolute Gasteiger partial charge is 0.274 e. The Morgan fingerprint density at radius 2 is 1.92 bits per heavy atom. The summed E-state index contributed by atoms with van der Waals surface area (Å²) in [7, 11) is 3.42. The van der Waals surface area contributed by atoms with E-state index < -0.39 is 16.8 Å². The van der Waals surface area contributed by atoms with Crippen LogP contribution in [0.2, 0.25) is 0 Å². The van der Waals surface area contributed by atoms with Gasteiger partial charge in [0, 0.05) is 26.4 Å². The van der Waals surface area contributed by atoms with E-state index >= 15 is 0 Å². The summed E-state index contributed by atoms with van der Waals surface area (Å²) in [5.41, 5.74) is -0.116. The van der Waals surface area contributed by atoms with Crippen molar-refractivity contribution in [1.29, 1.82) is 0 Å². The first-order valence-electron chi connectivity index (χ1n) is 8.83. The Labute approximate surface area is 151 Å². The van der Waals surface area contributed by atoms with Gasteiger partial charge in [-0.15, -0.1) is 0 Å². The van der Waals surface area contributed by atoms with Crippen LogP contribution < -0.4 is 5.43 Å². The number of methoxy groups -OCH3 is 1. The highest BCUT2D eigenvalue weighted by Gasteiger charge is 2.53. The number of rotatable bonds is 2. The molecule has 1 N–H and O–H groups in total. The zero-order valence-electron chi connectivity index (χ0n) is 14.9. The van der Waals surface area contributed by atoms with Crippen LogP contribution in [0.15, 0.2) is 47.4 Å². The van der Waals surface area contributed by atoms with Gasteiger partial charge >= 0.3 is 0 Å². The van der Waals surface area contributed by atoms with Gasteiger partial charge in [0.05, 0.1) is 12.1 Å². The molecule has 1 amide bonds. The fourth-order valence-corrected chi connectivity index (χ4v) is 4.68. The van der Waals surface area contributed by atoms with Gasteiger partial charge in [0.25, 0.3) is 5.91 Å². The number of carbonyl (C=O) groups is 1. The number of likely N-dealkylation sites (N-methyl/N-ethyl adjacent to an activating group) is 1. The number of nitrogens with zero attached hydrogens (tertiary/aromatic N) is 2. The van der Waals surface area contributed by atoms with E-state index in [1.807, 2.05) is 30.3 Å². The SMILES string of the molecule is COC1(c2ccccc2)CCCC2C1n1ccc(=O)c(O)c1C(=O)N2C. The van der Waals surface area contributed by atoms with Crippen molar-refractivity contribution in [3.63, 3.8) is 0 Å². The summed E-state index contributed by atoms with van der Waals surface area (Å²) in [6.45, 7) is 0. The van der Waals surface area contributed by atoms with Gasteiger partial charge in [0.1, 0.15) is 5.60 Å². The summed E-state index contributed by atoms with van der Waals surface area (Å²) in [5.74, 6) is -0.826. The molecule has 136 valence electrons. The number of aromatic hydroxyl groups is 1. The monoisotopic (exact) mass is 354 g/mol. The highest BCUT2D eigenvalue weighted by atomic mass is 16.5. The van der Waals surface area contributed by atoms with Crippen molar-refractivity contribution in [3.05, 3.63) is 64.1 Å². The molecule has 2 aliphatic rings. The summed E-state index contributed by atoms with van der Waals surface area (Å²) in [6.07, 6.45) is 4.17. The van der Waals surface area contributed by atoms with E-state index in [0.29, 0.717) is 0 Å². The lowest BCUT2D eigenvalue weighted by Crippen LogP contribution is -2.58. The number of pyridine rings is 1. The standard InChI is InChI=1S/C20H22N2O4/c1-21-14-9-6-11-20(26-2,13-7-4-3-5-8-13)18(14)22-12-10-15(23)17(24)16(22)19(21)25/h3-5,7-8,10,12,14,18,24H,6,9,11H2,1-2H3. The van der Waals surface area contributed by atoms with Gasteiger partial charge in [-0.3, -0.25) is 9.59 Å². The lowest BCUT2D eigenvalue weighted by molar-refractivity contribution is -0.111. The summed E-state index contributed by atoms with van der Waals surface area (Å²) in [5, 5.41) is 10.3. The summed E-state index contributed by atoms with van der Waals surface area (Å²) >= 11 is 0. The molecule has 0 radical (unpaired) electrons. The number of hydrogen-bond acceptors (Lipinski definition) is 4. The van der Waals surface area contributed by atoms with Gasteiger partial charge in [-0.1, -0.05) is 30.3 Å². The predicted molar refractivity (Wildman–Crippen MR) is 96.3 cm³/mol. The maximum absolute atomic E-state index is 12.8. The van der Waals surface area contributed by atoms with Crippen molar-refractivity contribution in [2.75, 3.05) is 14.2 Å². The highest BCUT2D eigenvalue weighted by Crippen LogP contribution is 2.51. The Morgan fingerprint density at radius 3 is 2.62 bits per heavy atom. The third kappa shape index (κ3) is 2.15. The van der Waals surface area contributed by atoms with E-state index in [1.165, 1.54) is 6.07 Å². The second kappa shape index (κ2) is 5.99. The number of benzene rings is 1. The molecule has 1 aromatic carbocycles. The second-order valence-corrected chi connectivity index (χ2v) is 7.06. The molecule has 2 aromatic rings. The zero-order valence-corrected chi connectivity index (χ0v) is 14.9. The topological polar surface area (TPSA) is 71.8 Å². The number of carbonyl (C=O) groups excluding carboxylic acids is 1. The highest BCUT2D eigenvalue weighted by molar-refractivity contribution is 5.96. The molecule has 1 saturated carbocycles. The minimum atomic E-state index is -0.643. The molecule has 4 rings (SSSR count). The number of hydrogen-bond donors (Lipinski definition) is 1. The number of aromatic nitrogens is 1. The number of ether oxygens (including phenoxy) is 1. The maximum Gasteiger partial charge on any atom is 0.274 e. The van der Waals surface area contributed by atoms with Crippen LogP contribution in [0.25, 0.3) is 0 Å². The Kier molecular flexibility index (Phi) is 3.88. The minimum Gasteiger partial charge on any atom is -0.503 e. The molecule has 1 aliphatic heterocycles. The molecule has 1 aliphatic carbocycles. The maximum atomic E-state index is 12.8. The van der Waals surface area contributed by atoms with E-state index in [9.17, 15) is 14.7 Å². The molecule has 0 spiro atoms. The lowest BCUT2D eigenvalue weighted by Gasteiger charge is -2.53. The van der Waals surface area contributed by atoms with Gasteiger partial charge in [-0.05, 0) is 24.8 Å². The number of amides is 1. The third-order valence-electron chi connectivity index (χ3n) is 5.94. The first-order valence-corrected chi connectivity index (χ1v) is 8.83. The molecule has 26 heavy (non-hydrogen) atoms. The van der Waals surface area contributed by atoms with Gasteiger partial charge in [0.2, 0.25) is 5.43 Å². The molecular formula is C20H22N2O4. The van der Waals surface area contributed by atoms with Crippen LogP contribution in [0, 0.1) is 0 Å². The molecular weight excluding hydrogens is 332 g/mol. The molecule has 1 fully saturated rings. The molecule has 6 heteroatoms. The van der Waals surface area contributed by atoms with E-state index in [2.05, 4.69) is 0 Å². The van der Waals surface area contributed by atoms with Crippen molar-refractivity contribution < 1.29 is 14.6 Å². The molecule has 0 bridgehead atoms. The second-order valence-electron chi connectivity index (χ2n) is 7.06. The molecule has 3 atom stereocenters. The van der Waals surface area contributed by atoms with Crippen LogP contribution in [0.3, 0.4) is 0 Å². The van der Waals surface area contributed by atoms with E-state index in [-0.39, 0.29) is 23.7 Å². The third-order valence-corrected chi connectivity index (χ3v) is 5.94. The molecule has 6 nitrogen and oxygen atoms in total. The summed E-state index contributed by atoms with van der Waals surface area (Å²) in [6, 6.07) is 11.0. The predicted octanol–water partition coefficient (Wildman–Crippen LogP) is 2.28. The van der Waals surface area contributed by atoms with E-state index in [0.717, 1.165) is 24.8 Å². The largest absolute Gasteiger partial charge is 0.503 e. The van der Waals surface area contributed by atoms with Gasteiger partial charge in [0.15, 0.2) is 11.4 Å². The Morgan fingerprint density at radius 1 is 1.19 bits per heavy atom. The van der Waals surface area contributed by atoms with Gasteiger partial charge < -0.3 is 19.3 Å². The van der Waals surface area contributed by atoms with Crippen LogP contribution in [-0.2, 0) is 10.3 Å². The van der Waals surface area contributed by atoms with Crippen LogP contribution in [-0.4, -0.2) is 40.7 Å². The summed E-state index contributed by atoms with van der Waals surface area (Å²) in [4.78, 5) is 26.4. The normalized spacial score (nSPS) is 27.8. The lowest BCUT2D eigenvalue weighted by atomic mass is 9.71. The van der Waals surface area contributed by atoms with Crippen molar-refractivity contribution in [3.8, 4) is 5.75 Å². The average molecular weight is 354 g/mol. The molecule has 0 saturated heterocycles. The molecule has 1 aromatic heterocycles. The van der Waals surface area contributed by atoms with Crippen molar-refractivity contribution in [1.82, 2.24) is 9.47 Å². The average Bonchev–Trinajstić information content (AvgIpc) is 2.68. The van der Waals surface area contributed by atoms with E-state index in [4.69, 9.17) is 4.74 Å². The van der Waals surface area contributed by atoms with Crippen molar-refractivity contribution >= 4 is 5.91 Å². The van der Waals surface area contributed by atoms with Crippen molar-refractivity contribution in [2.24, 2.45) is 0 Å². The first kappa shape index (κ1) is 16.8. The fourth-order valence-electron chi connectivity index (χ4n) is 4.68. The van der Waals surface area contributed by atoms with Gasteiger partial charge in [-0.25, -0.2) is 0 Å². The van der Waals surface area contributed by atoms with Gasteiger partial charge in [-0.2, -0.15) is 0 Å². The molecule has 2 heterocycles. The van der Waals surface area contributed by atoms with Crippen LogP contribution in [0.1, 0.15) is 41.4 Å². The van der Waals surface area contributed by atoms with Crippen LogP contribution in [0.5, 0.6) is 5.75 Å². The van der Waals surface area contributed by atoms with E-state index in [1.54, 1.807) is 29.8 Å². The Bertz CT molecular complexity index is 908. The minimum absolute atomic E-state index is 0.0421. The number of fused-ring (bicyclic) bond motifs is 3. The zero-order chi connectivity index (χ0) is 18.5.